The van der Waals surface area contributed by atoms with Crippen LogP contribution in [-0.2, 0) is 9.63 Å². The SMILES string of the molecule is CCCCCCC(=NOC(=O)c1ccccc1)C(=O)c1ccc(Sc2ccc(C(=C(C#N)C(=O)O)c3ccccc3)cc2)cc1. The van der Waals surface area contributed by atoms with E-state index in [4.69, 9.17) is 4.84 Å². The second-order valence-corrected chi connectivity index (χ2v) is 11.3. The van der Waals surface area contributed by atoms with Crippen LogP contribution in [-0.4, -0.2) is 28.5 Å². The first kappa shape index (κ1) is 32.6. The summed E-state index contributed by atoms with van der Waals surface area (Å²) in [7, 11) is 0. The molecule has 0 bridgehead atoms. The summed E-state index contributed by atoms with van der Waals surface area (Å²) in [5.41, 5.74) is 2.27. The fourth-order valence-corrected chi connectivity index (χ4v) is 5.40. The number of carbonyl (C=O) groups excluding carboxylic acids is 2. The zero-order chi connectivity index (χ0) is 32.0. The van der Waals surface area contributed by atoms with Crippen LogP contribution in [0.5, 0.6) is 0 Å². The Hall–Kier alpha value is -5.26. The van der Waals surface area contributed by atoms with Gasteiger partial charge in [0.1, 0.15) is 17.4 Å². The molecule has 226 valence electrons. The van der Waals surface area contributed by atoms with Gasteiger partial charge in [-0.1, -0.05) is 104 Å². The van der Waals surface area contributed by atoms with E-state index in [9.17, 15) is 24.8 Å². The van der Waals surface area contributed by atoms with E-state index in [-0.39, 0.29) is 17.1 Å². The third-order valence-electron chi connectivity index (χ3n) is 6.91. The van der Waals surface area contributed by atoms with Crippen LogP contribution in [0, 0.1) is 11.3 Å². The molecule has 4 aromatic rings. The Bertz CT molecular complexity index is 1720. The summed E-state index contributed by atoms with van der Waals surface area (Å²) >= 11 is 1.48. The number of carboxylic acid groups (broad SMARTS) is 1. The zero-order valence-electron chi connectivity index (χ0n) is 24.8. The number of aliphatic carboxylic acids is 1. The maximum absolute atomic E-state index is 13.4. The van der Waals surface area contributed by atoms with E-state index in [2.05, 4.69) is 12.1 Å². The summed E-state index contributed by atoms with van der Waals surface area (Å²) in [6.07, 6.45) is 4.20. The van der Waals surface area contributed by atoms with E-state index in [0.29, 0.717) is 34.2 Å². The molecule has 4 aromatic carbocycles. The van der Waals surface area contributed by atoms with Crippen LogP contribution in [0.3, 0.4) is 0 Å². The van der Waals surface area contributed by atoms with E-state index in [1.165, 1.54) is 11.8 Å². The Kier molecular flexibility index (Phi) is 12.0. The lowest BCUT2D eigenvalue weighted by Gasteiger charge is -2.11. The Morgan fingerprint density at radius 1 is 0.733 bits per heavy atom. The molecule has 0 aromatic heterocycles. The molecule has 0 saturated carbocycles. The number of hydrogen-bond acceptors (Lipinski definition) is 7. The number of carbonyl (C=O) groups is 3. The number of nitriles is 1. The van der Waals surface area contributed by atoms with Gasteiger partial charge in [-0.3, -0.25) is 4.79 Å². The van der Waals surface area contributed by atoms with Crippen LogP contribution < -0.4 is 0 Å². The second-order valence-electron chi connectivity index (χ2n) is 10.1. The third-order valence-corrected chi connectivity index (χ3v) is 7.93. The number of hydrogen-bond donors (Lipinski definition) is 1. The molecule has 0 spiro atoms. The van der Waals surface area contributed by atoms with Crippen molar-refractivity contribution in [1.82, 2.24) is 0 Å². The molecule has 0 aliphatic carbocycles. The number of unbranched alkanes of at least 4 members (excludes halogenated alkanes) is 3. The minimum absolute atomic E-state index is 0.201. The Balaban J connectivity index is 1.49. The van der Waals surface area contributed by atoms with Gasteiger partial charge in [0.2, 0.25) is 5.78 Å². The number of nitrogens with zero attached hydrogens (tertiary/aromatic N) is 2. The predicted molar refractivity (Wildman–Crippen MR) is 175 cm³/mol. The van der Waals surface area contributed by atoms with Crippen molar-refractivity contribution in [2.24, 2.45) is 5.16 Å². The molecule has 0 heterocycles. The number of carboxylic acids is 1. The fraction of sp³-hybridized carbons (Fsp3) is 0.162. The van der Waals surface area contributed by atoms with Gasteiger partial charge < -0.3 is 9.94 Å². The van der Waals surface area contributed by atoms with E-state index in [0.717, 1.165) is 35.5 Å². The second kappa shape index (κ2) is 16.6. The topological polar surface area (TPSA) is 117 Å². The quantitative estimate of drug-likeness (QED) is 0.0287. The van der Waals surface area contributed by atoms with Crippen molar-refractivity contribution in [3.63, 3.8) is 0 Å². The van der Waals surface area contributed by atoms with Crippen LogP contribution in [0.25, 0.3) is 5.57 Å². The van der Waals surface area contributed by atoms with Crippen LogP contribution in [0.1, 0.15) is 70.9 Å². The fourth-order valence-electron chi connectivity index (χ4n) is 4.58. The van der Waals surface area contributed by atoms with Crippen LogP contribution in [0.4, 0.5) is 0 Å². The highest BCUT2D eigenvalue weighted by atomic mass is 32.2. The first-order chi connectivity index (χ1) is 21.9. The van der Waals surface area contributed by atoms with E-state index < -0.39 is 11.9 Å². The van der Waals surface area contributed by atoms with Crippen molar-refractivity contribution in [3.05, 3.63) is 137 Å². The molecule has 45 heavy (non-hydrogen) atoms. The van der Waals surface area contributed by atoms with E-state index >= 15 is 0 Å². The Labute approximate surface area is 266 Å². The lowest BCUT2D eigenvalue weighted by Crippen LogP contribution is -2.16. The minimum Gasteiger partial charge on any atom is -0.477 e. The highest BCUT2D eigenvalue weighted by Gasteiger charge is 2.19. The van der Waals surface area contributed by atoms with Gasteiger partial charge in [0, 0.05) is 20.9 Å². The van der Waals surface area contributed by atoms with E-state index in [1.54, 1.807) is 78.9 Å². The summed E-state index contributed by atoms with van der Waals surface area (Å²) in [4.78, 5) is 44.5. The van der Waals surface area contributed by atoms with Crippen molar-refractivity contribution >= 4 is 40.8 Å². The van der Waals surface area contributed by atoms with Gasteiger partial charge in [-0.2, -0.15) is 5.26 Å². The number of Topliss-reactive ketones (excluding diaryl/α,β-unsaturated/α-hetero) is 1. The molecule has 7 nitrogen and oxygen atoms in total. The molecule has 0 atom stereocenters. The first-order valence-electron chi connectivity index (χ1n) is 14.6. The lowest BCUT2D eigenvalue weighted by atomic mass is 9.93. The molecule has 8 heteroatoms. The normalized spacial score (nSPS) is 11.7. The highest BCUT2D eigenvalue weighted by Crippen LogP contribution is 2.32. The van der Waals surface area contributed by atoms with Crippen molar-refractivity contribution in [2.45, 2.75) is 48.8 Å². The minimum atomic E-state index is -1.28. The van der Waals surface area contributed by atoms with Crippen molar-refractivity contribution in [3.8, 4) is 6.07 Å². The smallest absolute Gasteiger partial charge is 0.365 e. The molecule has 0 saturated heterocycles. The van der Waals surface area contributed by atoms with Gasteiger partial charge in [-0.15, -0.1) is 0 Å². The van der Waals surface area contributed by atoms with Crippen LogP contribution in [0.2, 0.25) is 0 Å². The number of oxime groups is 1. The van der Waals surface area contributed by atoms with Crippen LogP contribution >= 0.6 is 11.8 Å². The highest BCUT2D eigenvalue weighted by molar-refractivity contribution is 7.99. The molecular weight excluding hydrogens is 584 g/mol. The summed E-state index contributed by atoms with van der Waals surface area (Å²) in [5.74, 6) is -2.20. The van der Waals surface area contributed by atoms with Crippen LogP contribution in [0.15, 0.2) is 130 Å². The van der Waals surface area contributed by atoms with Crippen molar-refractivity contribution in [1.29, 1.82) is 5.26 Å². The predicted octanol–water partition coefficient (Wildman–Crippen LogP) is 8.61. The molecular formula is C37H32N2O5S. The van der Waals surface area contributed by atoms with Gasteiger partial charge in [-0.05, 0) is 72.5 Å². The number of ketones is 1. The Morgan fingerprint density at radius 3 is 1.80 bits per heavy atom. The third kappa shape index (κ3) is 9.12. The number of rotatable bonds is 14. The summed E-state index contributed by atoms with van der Waals surface area (Å²) in [6, 6.07) is 33.7. The van der Waals surface area contributed by atoms with Crippen molar-refractivity contribution in [2.75, 3.05) is 0 Å². The molecule has 0 fully saturated rings. The maximum atomic E-state index is 13.4. The first-order valence-corrected chi connectivity index (χ1v) is 15.4. The molecule has 1 N–H and O–H groups in total. The summed E-state index contributed by atoms with van der Waals surface area (Å²) in [6.45, 7) is 2.11. The molecule has 0 radical (unpaired) electrons. The summed E-state index contributed by atoms with van der Waals surface area (Å²) < 4.78 is 0. The van der Waals surface area contributed by atoms with Gasteiger partial charge in [-0.25, -0.2) is 9.59 Å². The lowest BCUT2D eigenvalue weighted by molar-refractivity contribution is -0.132. The molecule has 4 rings (SSSR count). The molecule has 0 aliphatic rings. The van der Waals surface area contributed by atoms with Crippen molar-refractivity contribution < 1.29 is 24.3 Å². The van der Waals surface area contributed by atoms with Gasteiger partial charge in [0.25, 0.3) is 0 Å². The molecule has 0 amide bonds. The standard InChI is InChI=1S/C37H32N2O5S/c1-2-3-4-11-16-33(39-44-37(43)29-14-9-6-10-15-29)35(40)28-19-23-31(24-20-28)45-30-21-17-27(18-22-30)34(32(25-38)36(41)42)26-12-7-5-8-13-26/h5-10,12-15,17-24H,2-4,11,16H2,1H3,(H,41,42). The van der Waals surface area contributed by atoms with Gasteiger partial charge in [0.05, 0.1) is 5.56 Å². The summed E-state index contributed by atoms with van der Waals surface area (Å²) in [5, 5.41) is 23.2. The maximum Gasteiger partial charge on any atom is 0.365 e. The average Bonchev–Trinajstić information content (AvgIpc) is 3.08. The molecule has 0 unspecified atom stereocenters. The monoisotopic (exact) mass is 616 g/mol. The zero-order valence-corrected chi connectivity index (χ0v) is 25.6. The van der Waals surface area contributed by atoms with Gasteiger partial charge in [0.15, 0.2) is 0 Å². The Morgan fingerprint density at radius 2 is 1.27 bits per heavy atom. The molecule has 0 aliphatic heterocycles. The number of benzene rings is 4. The van der Waals surface area contributed by atoms with Gasteiger partial charge >= 0.3 is 11.9 Å². The average molecular weight is 617 g/mol. The van der Waals surface area contributed by atoms with E-state index in [1.807, 2.05) is 36.4 Å². The largest absolute Gasteiger partial charge is 0.477 e.